The molecule has 17 heavy (non-hydrogen) atoms. The van der Waals surface area contributed by atoms with Crippen molar-refractivity contribution in [3.8, 4) is 11.5 Å². The zero-order valence-electron chi connectivity index (χ0n) is 10.1. The lowest BCUT2D eigenvalue weighted by atomic mass is 9.98. The standard InChI is InChI=1S/C12H19NO3.ClH/c1-3-4-11(15)12(13)9-7-8(16-2)5-6-10(9)14;/h5-7,11-12,14-15H,3-4,13H2,1-2H3;1H/t11-,12+;/m1./s1. The lowest BCUT2D eigenvalue weighted by molar-refractivity contribution is 0.133. The first-order valence-corrected chi connectivity index (χ1v) is 5.40. The quantitative estimate of drug-likeness (QED) is 0.758. The molecule has 4 N–H and O–H groups in total. The Bertz CT molecular complexity index is 347. The number of aromatic hydroxyl groups is 1. The summed E-state index contributed by atoms with van der Waals surface area (Å²) in [6.45, 7) is 1.97. The van der Waals surface area contributed by atoms with Crippen molar-refractivity contribution in [2.24, 2.45) is 5.73 Å². The number of methoxy groups -OCH3 is 1. The molecule has 0 aromatic heterocycles. The van der Waals surface area contributed by atoms with Gasteiger partial charge in [-0.2, -0.15) is 0 Å². The van der Waals surface area contributed by atoms with E-state index >= 15 is 0 Å². The highest BCUT2D eigenvalue weighted by atomic mass is 35.5. The maximum Gasteiger partial charge on any atom is 0.120 e. The average Bonchev–Trinajstić information content (AvgIpc) is 2.29. The summed E-state index contributed by atoms with van der Waals surface area (Å²) in [4.78, 5) is 0. The molecule has 0 radical (unpaired) electrons. The summed E-state index contributed by atoms with van der Waals surface area (Å²) in [7, 11) is 1.55. The average molecular weight is 262 g/mol. The minimum absolute atomic E-state index is 0. The second-order valence-corrected chi connectivity index (χ2v) is 3.81. The summed E-state index contributed by atoms with van der Waals surface area (Å²) in [5.74, 6) is 0.704. The van der Waals surface area contributed by atoms with Crippen molar-refractivity contribution in [3.63, 3.8) is 0 Å². The van der Waals surface area contributed by atoms with E-state index in [2.05, 4.69) is 0 Å². The van der Waals surface area contributed by atoms with Gasteiger partial charge < -0.3 is 20.7 Å². The molecule has 0 aliphatic rings. The van der Waals surface area contributed by atoms with Crippen molar-refractivity contribution in [2.45, 2.75) is 31.9 Å². The Hall–Kier alpha value is -0.970. The molecule has 1 aromatic carbocycles. The van der Waals surface area contributed by atoms with Crippen LogP contribution in [0, 0.1) is 0 Å². The molecule has 1 aromatic rings. The molecule has 0 saturated carbocycles. The van der Waals surface area contributed by atoms with Gasteiger partial charge in [0.2, 0.25) is 0 Å². The van der Waals surface area contributed by atoms with Crippen LogP contribution in [0.25, 0.3) is 0 Å². The number of hydrogen-bond donors (Lipinski definition) is 3. The van der Waals surface area contributed by atoms with Gasteiger partial charge in [0.05, 0.1) is 19.3 Å². The Morgan fingerprint density at radius 2 is 2.06 bits per heavy atom. The largest absolute Gasteiger partial charge is 0.508 e. The number of rotatable bonds is 5. The normalized spacial score (nSPS) is 13.6. The predicted molar refractivity (Wildman–Crippen MR) is 69.8 cm³/mol. The number of aliphatic hydroxyl groups excluding tert-OH is 1. The molecular weight excluding hydrogens is 242 g/mol. The monoisotopic (exact) mass is 261 g/mol. The Kier molecular flexibility index (Phi) is 6.95. The van der Waals surface area contributed by atoms with Crippen LogP contribution >= 0.6 is 12.4 Å². The molecule has 5 heteroatoms. The zero-order chi connectivity index (χ0) is 12.1. The zero-order valence-corrected chi connectivity index (χ0v) is 10.9. The Balaban J connectivity index is 0.00000256. The fourth-order valence-corrected chi connectivity index (χ4v) is 1.61. The van der Waals surface area contributed by atoms with Crippen molar-refractivity contribution in [1.82, 2.24) is 0 Å². The SMILES string of the molecule is CCC[C@@H](O)[C@@H](N)c1cc(OC)ccc1O.Cl. The lowest BCUT2D eigenvalue weighted by Crippen LogP contribution is -2.26. The minimum atomic E-state index is -0.650. The van der Waals surface area contributed by atoms with Gasteiger partial charge in [-0.15, -0.1) is 12.4 Å². The molecule has 4 nitrogen and oxygen atoms in total. The van der Waals surface area contributed by atoms with E-state index in [0.717, 1.165) is 6.42 Å². The van der Waals surface area contributed by atoms with Gasteiger partial charge in [-0.25, -0.2) is 0 Å². The number of phenols is 1. The summed E-state index contributed by atoms with van der Waals surface area (Å²) < 4.78 is 5.05. The summed E-state index contributed by atoms with van der Waals surface area (Å²) in [5, 5.41) is 19.5. The summed E-state index contributed by atoms with van der Waals surface area (Å²) in [5.41, 5.74) is 6.40. The molecule has 1 rings (SSSR count). The van der Waals surface area contributed by atoms with E-state index in [0.29, 0.717) is 17.7 Å². The minimum Gasteiger partial charge on any atom is -0.508 e. The Labute approximate surface area is 108 Å². The number of phenolic OH excluding ortho intramolecular Hbond substituents is 1. The molecule has 0 fully saturated rings. The van der Waals surface area contributed by atoms with Gasteiger partial charge in [0.25, 0.3) is 0 Å². The van der Waals surface area contributed by atoms with E-state index in [1.807, 2.05) is 6.92 Å². The number of aliphatic hydroxyl groups is 1. The van der Waals surface area contributed by atoms with Gasteiger partial charge in [-0.3, -0.25) is 0 Å². The number of nitrogens with two attached hydrogens (primary N) is 1. The van der Waals surface area contributed by atoms with Crippen LogP contribution in [0.2, 0.25) is 0 Å². The second-order valence-electron chi connectivity index (χ2n) is 3.81. The molecule has 98 valence electrons. The van der Waals surface area contributed by atoms with Gasteiger partial charge >= 0.3 is 0 Å². The van der Waals surface area contributed by atoms with E-state index in [9.17, 15) is 10.2 Å². The number of hydrogen-bond acceptors (Lipinski definition) is 4. The second kappa shape index (κ2) is 7.37. The molecule has 0 spiro atoms. The fraction of sp³-hybridized carbons (Fsp3) is 0.500. The van der Waals surface area contributed by atoms with E-state index in [-0.39, 0.29) is 18.2 Å². The van der Waals surface area contributed by atoms with Crippen LogP contribution in [-0.4, -0.2) is 23.4 Å². The van der Waals surface area contributed by atoms with Crippen molar-refractivity contribution in [2.75, 3.05) is 7.11 Å². The van der Waals surface area contributed by atoms with Crippen LogP contribution in [0.3, 0.4) is 0 Å². The smallest absolute Gasteiger partial charge is 0.120 e. The van der Waals surface area contributed by atoms with E-state index in [1.165, 1.54) is 6.07 Å². The molecule has 0 bridgehead atoms. The van der Waals surface area contributed by atoms with Gasteiger partial charge in [0.15, 0.2) is 0 Å². The number of benzene rings is 1. The molecular formula is C12H20ClNO3. The first-order chi connectivity index (χ1) is 7.60. The number of ether oxygens (including phenoxy) is 1. The first-order valence-electron chi connectivity index (χ1n) is 5.40. The van der Waals surface area contributed by atoms with Crippen LogP contribution in [0.1, 0.15) is 31.4 Å². The highest BCUT2D eigenvalue weighted by molar-refractivity contribution is 5.85. The van der Waals surface area contributed by atoms with Crippen LogP contribution in [0.4, 0.5) is 0 Å². The van der Waals surface area contributed by atoms with E-state index in [4.69, 9.17) is 10.5 Å². The van der Waals surface area contributed by atoms with Crippen LogP contribution in [-0.2, 0) is 0 Å². The third-order valence-corrected chi connectivity index (χ3v) is 2.59. The van der Waals surface area contributed by atoms with Gasteiger partial charge in [0.1, 0.15) is 11.5 Å². The fourth-order valence-electron chi connectivity index (χ4n) is 1.61. The molecule has 2 atom stereocenters. The first kappa shape index (κ1) is 16.0. The van der Waals surface area contributed by atoms with Crippen molar-refractivity contribution < 1.29 is 14.9 Å². The van der Waals surface area contributed by atoms with Crippen molar-refractivity contribution >= 4 is 12.4 Å². The van der Waals surface area contributed by atoms with Crippen LogP contribution in [0.15, 0.2) is 18.2 Å². The lowest BCUT2D eigenvalue weighted by Gasteiger charge is -2.20. The highest BCUT2D eigenvalue weighted by Gasteiger charge is 2.19. The summed E-state index contributed by atoms with van der Waals surface area (Å²) in [6, 6.07) is 4.23. The highest BCUT2D eigenvalue weighted by Crippen LogP contribution is 2.29. The molecule has 0 amide bonds. The summed E-state index contributed by atoms with van der Waals surface area (Å²) in [6.07, 6.45) is 0.806. The maximum absolute atomic E-state index is 9.78. The predicted octanol–water partition coefficient (Wildman–Crippen LogP) is 1.98. The van der Waals surface area contributed by atoms with Gasteiger partial charge in [0, 0.05) is 5.56 Å². The van der Waals surface area contributed by atoms with E-state index in [1.54, 1.807) is 19.2 Å². The van der Waals surface area contributed by atoms with Crippen LogP contribution < -0.4 is 10.5 Å². The van der Waals surface area contributed by atoms with E-state index < -0.39 is 12.1 Å². The van der Waals surface area contributed by atoms with Crippen LogP contribution in [0.5, 0.6) is 11.5 Å². The summed E-state index contributed by atoms with van der Waals surface area (Å²) >= 11 is 0. The Morgan fingerprint density at radius 3 is 2.59 bits per heavy atom. The maximum atomic E-state index is 9.78. The number of halogens is 1. The van der Waals surface area contributed by atoms with Crippen molar-refractivity contribution in [1.29, 1.82) is 0 Å². The molecule has 0 aliphatic carbocycles. The third kappa shape index (κ3) is 4.07. The molecule has 0 saturated heterocycles. The molecule has 0 heterocycles. The third-order valence-electron chi connectivity index (χ3n) is 2.59. The topological polar surface area (TPSA) is 75.7 Å². The van der Waals surface area contributed by atoms with Gasteiger partial charge in [-0.1, -0.05) is 13.3 Å². The molecule has 0 unspecified atom stereocenters. The molecule has 0 aliphatic heterocycles. The van der Waals surface area contributed by atoms with Gasteiger partial charge in [-0.05, 0) is 24.6 Å². The van der Waals surface area contributed by atoms with Crippen molar-refractivity contribution in [3.05, 3.63) is 23.8 Å². The Morgan fingerprint density at radius 1 is 1.41 bits per heavy atom.